The molecule has 1 heterocycles. The number of hydrogen-bond acceptors (Lipinski definition) is 1. The third kappa shape index (κ3) is 0.669. The molecule has 1 aliphatic carbocycles. The second kappa shape index (κ2) is 1.72. The fourth-order valence-electron chi connectivity index (χ4n) is 1.10. The summed E-state index contributed by atoms with van der Waals surface area (Å²) in [7, 11) is 0. The Hall–Kier alpha value is -1.05. The quantitative estimate of drug-likeness (QED) is 0.509. The van der Waals surface area contributed by atoms with Crippen LogP contribution in [0.4, 0.5) is 0 Å². The minimum absolute atomic E-state index is 0.999. The maximum atomic E-state index is 4.08. The van der Waals surface area contributed by atoms with Crippen molar-refractivity contribution in [2.45, 2.75) is 12.8 Å². The molecule has 0 aromatic carbocycles. The molecule has 1 N–H and O–H groups in total. The normalized spacial score (nSPS) is 15.6. The van der Waals surface area contributed by atoms with E-state index >= 15 is 0 Å². The minimum atomic E-state index is 0.999. The molecule has 9 heavy (non-hydrogen) atoms. The van der Waals surface area contributed by atoms with E-state index < -0.39 is 0 Å². The number of nitrogens with zero attached hydrogens (tertiary/aromatic N) is 1. The smallest absolute Gasteiger partial charge is 0.0694 e. The number of rotatable bonds is 0. The number of nitrogens with one attached hydrogen (secondary N) is 1. The first-order valence-corrected chi connectivity index (χ1v) is 3.13. The van der Waals surface area contributed by atoms with Crippen LogP contribution in [-0.2, 0) is 12.8 Å². The predicted molar refractivity (Wildman–Crippen MR) is 35.1 cm³/mol. The molecule has 46 valence electrons. The number of hydrogen-bond donors (Lipinski definition) is 1. The molecule has 0 aliphatic heterocycles. The third-order valence-electron chi connectivity index (χ3n) is 1.62. The van der Waals surface area contributed by atoms with Gasteiger partial charge in [-0.05, 0) is 12.0 Å². The molecule has 2 heteroatoms. The van der Waals surface area contributed by atoms with Crippen LogP contribution in [0.1, 0.15) is 11.3 Å². The summed E-state index contributed by atoms with van der Waals surface area (Å²) in [6, 6.07) is 0. The fraction of sp³-hybridized carbons (Fsp3) is 0.286. The second-order valence-electron chi connectivity index (χ2n) is 2.24. The van der Waals surface area contributed by atoms with Gasteiger partial charge in [-0.3, -0.25) is 5.10 Å². The largest absolute Gasteiger partial charge is 0.285 e. The van der Waals surface area contributed by atoms with Crippen molar-refractivity contribution in [1.82, 2.24) is 10.2 Å². The van der Waals surface area contributed by atoms with Crippen LogP contribution in [-0.4, -0.2) is 10.2 Å². The zero-order chi connectivity index (χ0) is 6.10. The standard InChI is InChI=1S/C7H8N2/c1-2-4-7-6(3-1)5-8-9-7/h1-2,5H,3-4H2,(H,8,9). The molecule has 0 spiro atoms. The van der Waals surface area contributed by atoms with Crippen molar-refractivity contribution >= 4 is 0 Å². The fourth-order valence-corrected chi connectivity index (χ4v) is 1.10. The van der Waals surface area contributed by atoms with Crippen LogP contribution >= 0.6 is 0 Å². The van der Waals surface area contributed by atoms with Gasteiger partial charge < -0.3 is 0 Å². The topological polar surface area (TPSA) is 28.7 Å². The van der Waals surface area contributed by atoms with Gasteiger partial charge in [0.2, 0.25) is 0 Å². The lowest BCUT2D eigenvalue weighted by atomic mass is 10.1. The number of fused-ring (bicyclic) bond motifs is 1. The molecule has 0 saturated heterocycles. The summed E-state index contributed by atoms with van der Waals surface area (Å²) in [5.41, 5.74) is 2.55. The number of aromatic amines is 1. The molecule has 2 nitrogen and oxygen atoms in total. The van der Waals surface area contributed by atoms with Crippen LogP contribution in [0.25, 0.3) is 0 Å². The van der Waals surface area contributed by atoms with Crippen molar-refractivity contribution in [3.05, 3.63) is 29.6 Å². The molecule has 1 aromatic rings. The van der Waals surface area contributed by atoms with Crippen molar-refractivity contribution in [1.29, 1.82) is 0 Å². The second-order valence-corrected chi connectivity index (χ2v) is 2.24. The summed E-state index contributed by atoms with van der Waals surface area (Å²) in [4.78, 5) is 0. The SMILES string of the molecule is C1=CCc2n[nH]cc2C1. The van der Waals surface area contributed by atoms with Crippen LogP contribution in [0.3, 0.4) is 0 Å². The van der Waals surface area contributed by atoms with Crippen LogP contribution in [0, 0.1) is 0 Å². The maximum Gasteiger partial charge on any atom is 0.0694 e. The van der Waals surface area contributed by atoms with Crippen LogP contribution in [0.5, 0.6) is 0 Å². The summed E-state index contributed by atoms with van der Waals surface area (Å²) in [5.74, 6) is 0. The van der Waals surface area contributed by atoms with Crippen molar-refractivity contribution in [3.63, 3.8) is 0 Å². The van der Waals surface area contributed by atoms with Gasteiger partial charge in [-0.1, -0.05) is 12.2 Å². The van der Waals surface area contributed by atoms with E-state index in [0.717, 1.165) is 12.8 Å². The zero-order valence-electron chi connectivity index (χ0n) is 5.09. The van der Waals surface area contributed by atoms with Gasteiger partial charge in [0.25, 0.3) is 0 Å². The number of allylic oxidation sites excluding steroid dienone is 2. The molecule has 0 amide bonds. The molecule has 1 aromatic heterocycles. The number of H-pyrrole nitrogens is 1. The highest BCUT2D eigenvalue weighted by molar-refractivity contribution is 5.25. The predicted octanol–water partition coefficient (Wildman–Crippen LogP) is 1.06. The summed E-state index contributed by atoms with van der Waals surface area (Å²) >= 11 is 0. The van der Waals surface area contributed by atoms with Gasteiger partial charge in [-0.15, -0.1) is 0 Å². The molecule has 1 aliphatic rings. The van der Waals surface area contributed by atoms with Crippen molar-refractivity contribution in [2.75, 3.05) is 0 Å². The van der Waals surface area contributed by atoms with E-state index in [1.807, 2.05) is 6.20 Å². The molecule has 0 unspecified atom stereocenters. The summed E-state index contributed by atoms with van der Waals surface area (Å²) in [6.45, 7) is 0. The van der Waals surface area contributed by atoms with Gasteiger partial charge in [0.05, 0.1) is 5.69 Å². The first-order valence-electron chi connectivity index (χ1n) is 3.13. The average molecular weight is 120 g/mol. The van der Waals surface area contributed by atoms with Gasteiger partial charge in [0, 0.05) is 12.6 Å². The van der Waals surface area contributed by atoms with E-state index in [-0.39, 0.29) is 0 Å². The Bertz CT molecular complexity index is 212. The number of aromatic nitrogens is 2. The summed E-state index contributed by atoms with van der Waals surface area (Å²) in [6.07, 6.45) is 8.35. The van der Waals surface area contributed by atoms with Crippen LogP contribution in [0.15, 0.2) is 18.3 Å². The van der Waals surface area contributed by atoms with E-state index in [2.05, 4.69) is 22.3 Å². The molecule has 0 bridgehead atoms. The Kier molecular flexibility index (Phi) is 0.918. The van der Waals surface area contributed by atoms with Gasteiger partial charge in [0.1, 0.15) is 0 Å². The maximum absolute atomic E-state index is 4.08. The third-order valence-corrected chi connectivity index (χ3v) is 1.62. The Morgan fingerprint density at radius 3 is 3.11 bits per heavy atom. The Morgan fingerprint density at radius 2 is 2.22 bits per heavy atom. The first kappa shape index (κ1) is 4.79. The van der Waals surface area contributed by atoms with E-state index in [1.165, 1.54) is 11.3 Å². The van der Waals surface area contributed by atoms with Gasteiger partial charge in [-0.25, -0.2) is 0 Å². The average Bonchev–Trinajstić information content (AvgIpc) is 2.33. The van der Waals surface area contributed by atoms with Crippen molar-refractivity contribution in [2.24, 2.45) is 0 Å². The Labute approximate surface area is 53.6 Å². The molecule has 0 radical (unpaired) electrons. The van der Waals surface area contributed by atoms with Crippen LogP contribution in [0.2, 0.25) is 0 Å². The molecular formula is C7H8N2. The Balaban J connectivity index is 2.46. The molecule has 0 saturated carbocycles. The summed E-state index contributed by atoms with van der Waals surface area (Å²) < 4.78 is 0. The van der Waals surface area contributed by atoms with E-state index in [9.17, 15) is 0 Å². The highest BCUT2D eigenvalue weighted by Gasteiger charge is 2.04. The Morgan fingerprint density at radius 1 is 1.33 bits per heavy atom. The lowest BCUT2D eigenvalue weighted by Gasteiger charge is -1.99. The molecular weight excluding hydrogens is 112 g/mol. The highest BCUT2D eigenvalue weighted by Crippen LogP contribution is 2.11. The zero-order valence-corrected chi connectivity index (χ0v) is 5.09. The van der Waals surface area contributed by atoms with Crippen LogP contribution < -0.4 is 0 Å². The molecule has 2 rings (SSSR count). The molecule has 0 atom stereocenters. The van der Waals surface area contributed by atoms with E-state index in [4.69, 9.17) is 0 Å². The van der Waals surface area contributed by atoms with Crippen molar-refractivity contribution < 1.29 is 0 Å². The van der Waals surface area contributed by atoms with Crippen molar-refractivity contribution in [3.8, 4) is 0 Å². The molecule has 0 fully saturated rings. The van der Waals surface area contributed by atoms with Gasteiger partial charge >= 0.3 is 0 Å². The minimum Gasteiger partial charge on any atom is -0.285 e. The van der Waals surface area contributed by atoms with E-state index in [0.29, 0.717) is 0 Å². The summed E-state index contributed by atoms with van der Waals surface area (Å²) in [5, 5.41) is 6.93. The van der Waals surface area contributed by atoms with Gasteiger partial charge in [0.15, 0.2) is 0 Å². The lowest BCUT2D eigenvalue weighted by molar-refractivity contribution is 0.987. The lowest BCUT2D eigenvalue weighted by Crippen LogP contribution is -1.93. The first-order chi connectivity index (χ1) is 4.47. The monoisotopic (exact) mass is 120 g/mol. The van der Waals surface area contributed by atoms with Gasteiger partial charge in [-0.2, -0.15) is 5.10 Å². The van der Waals surface area contributed by atoms with E-state index in [1.54, 1.807) is 0 Å². The highest BCUT2D eigenvalue weighted by atomic mass is 15.1.